The molecule has 2 heterocycles. The minimum atomic E-state index is 0.795. The van der Waals surface area contributed by atoms with Gasteiger partial charge in [0.2, 0.25) is 0 Å². The average Bonchev–Trinajstić information content (AvgIpc) is 3.15. The highest BCUT2D eigenvalue weighted by Crippen LogP contribution is 2.59. The zero-order valence-electron chi connectivity index (χ0n) is 12.3. The van der Waals surface area contributed by atoms with Gasteiger partial charge in [0, 0.05) is 5.57 Å². The molecule has 0 unspecified atom stereocenters. The summed E-state index contributed by atoms with van der Waals surface area (Å²) >= 11 is 14.0. The van der Waals surface area contributed by atoms with E-state index in [1.54, 1.807) is 94.1 Å². The van der Waals surface area contributed by atoms with E-state index in [0.29, 0.717) is 0 Å². The molecule has 0 spiro atoms. The maximum Gasteiger partial charge on any atom is 0.151 e. The van der Waals surface area contributed by atoms with E-state index in [1.165, 1.54) is 21.2 Å². The van der Waals surface area contributed by atoms with Crippen LogP contribution in [0.1, 0.15) is 0 Å². The highest BCUT2D eigenvalue weighted by Gasteiger charge is 2.24. The van der Waals surface area contributed by atoms with Gasteiger partial charge in [-0.05, 0) is 31.1 Å². The fraction of sp³-hybridized carbons (Fsp3) is 0.308. The zero-order valence-corrected chi connectivity index (χ0v) is 18.9. The van der Waals surface area contributed by atoms with E-state index < -0.39 is 0 Å². The third-order valence-electron chi connectivity index (χ3n) is 2.47. The van der Waals surface area contributed by atoms with Crippen molar-refractivity contribution in [3.63, 3.8) is 0 Å². The molecule has 120 valence electrons. The number of carbonyl (C=O) groups excluding carboxylic acids is 1. The second-order valence-electron chi connectivity index (χ2n) is 3.70. The lowest BCUT2D eigenvalue weighted by Crippen LogP contribution is -1.83. The first-order chi connectivity index (χ1) is 10.7. The van der Waals surface area contributed by atoms with Crippen LogP contribution in [0.15, 0.2) is 37.1 Å². The van der Waals surface area contributed by atoms with E-state index in [4.69, 9.17) is 0 Å². The van der Waals surface area contributed by atoms with Gasteiger partial charge in [-0.15, -0.1) is 47.0 Å². The molecule has 0 saturated heterocycles. The Morgan fingerprint density at radius 1 is 0.773 bits per heavy atom. The van der Waals surface area contributed by atoms with Gasteiger partial charge in [-0.1, -0.05) is 47.0 Å². The van der Waals surface area contributed by atoms with Crippen molar-refractivity contribution in [1.82, 2.24) is 0 Å². The summed E-state index contributed by atoms with van der Waals surface area (Å²) in [4.78, 5) is 11.6. The van der Waals surface area contributed by atoms with Crippen molar-refractivity contribution in [2.75, 3.05) is 25.0 Å². The van der Waals surface area contributed by atoms with Crippen LogP contribution in [0.25, 0.3) is 0 Å². The molecule has 0 radical (unpaired) electrons. The summed E-state index contributed by atoms with van der Waals surface area (Å²) in [5.41, 5.74) is 0.795. The molecule has 0 amide bonds. The predicted octanol–water partition coefficient (Wildman–Crippen LogP) is 6.90. The Hall–Kier alpha value is 1.43. The third-order valence-corrected chi connectivity index (χ3v) is 12.8. The lowest BCUT2D eigenvalue weighted by molar-refractivity contribution is -0.104. The molecule has 1 nitrogen and oxygen atoms in total. The third kappa shape index (κ3) is 4.74. The average molecular weight is 443 g/mol. The van der Waals surface area contributed by atoms with E-state index in [-0.39, 0.29) is 0 Å². The molecule has 2 aliphatic heterocycles. The van der Waals surface area contributed by atoms with Crippen molar-refractivity contribution < 1.29 is 4.79 Å². The van der Waals surface area contributed by atoms with Crippen LogP contribution in [0, 0.1) is 0 Å². The van der Waals surface area contributed by atoms with Crippen LogP contribution < -0.4 is 0 Å². The van der Waals surface area contributed by atoms with Gasteiger partial charge >= 0.3 is 0 Å². The van der Waals surface area contributed by atoms with Gasteiger partial charge in [0.25, 0.3) is 0 Å². The van der Waals surface area contributed by atoms with E-state index in [2.05, 4.69) is 25.0 Å². The SMILES string of the molecule is CSC1=C(SC)SC(=CC(C=O)=C2SC(SC)=C(SC)S2)S1. The summed E-state index contributed by atoms with van der Waals surface area (Å²) in [6.45, 7) is 0. The van der Waals surface area contributed by atoms with Crippen LogP contribution in [-0.4, -0.2) is 31.3 Å². The zero-order chi connectivity index (χ0) is 16.1. The molecule has 2 rings (SSSR count). The van der Waals surface area contributed by atoms with Gasteiger partial charge in [0.15, 0.2) is 6.29 Å². The summed E-state index contributed by atoms with van der Waals surface area (Å²) in [5.74, 6) is 0. The Morgan fingerprint density at radius 2 is 1.18 bits per heavy atom. The van der Waals surface area contributed by atoms with Crippen molar-refractivity contribution in [1.29, 1.82) is 0 Å². The van der Waals surface area contributed by atoms with E-state index in [1.807, 2.05) is 6.08 Å². The van der Waals surface area contributed by atoms with Crippen LogP contribution in [0.4, 0.5) is 0 Å². The van der Waals surface area contributed by atoms with Crippen LogP contribution in [-0.2, 0) is 4.79 Å². The minimum absolute atomic E-state index is 0.795. The molecule has 0 saturated carbocycles. The predicted molar refractivity (Wildman–Crippen MR) is 120 cm³/mol. The van der Waals surface area contributed by atoms with E-state index in [0.717, 1.165) is 16.1 Å². The standard InChI is InChI=1S/C13H14OS8/c1-15-10-11(16-2)20-8(19-10)5-7(6-14)9-21-12(17-3)13(18-4)22-9/h5-6H,1-4H3. The molecule has 22 heavy (non-hydrogen) atoms. The first-order valence-corrected chi connectivity index (χ1v) is 14.1. The molecule has 0 aromatic heterocycles. The van der Waals surface area contributed by atoms with Crippen LogP contribution in [0.5, 0.6) is 0 Å². The highest BCUT2D eigenvalue weighted by atomic mass is 32.3. The maximum atomic E-state index is 11.6. The second kappa shape index (κ2) is 9.79. The van der Waals surface area contributed by atoms with Gasteiger partial charge in [-0.3, -0.25) is 4.79 Å². The molecule has 0 bridgehead atoms. The smallest absolute Gasteiger partial charge is 0.151 e. The second-order valence-corrected chi connectivity index (χ2v) is 12.7. The number of carbonyl (C=O) groups is 1. The fourth-order valence-corrected chi connectivity index (χ4v) is 11.4. The van der Waals surface area contributed by atoms with Gasteiger partial charge < -0.3 is 0 Å². The van der Waals surface area contributed by atoms with Crippen molar-refractivity contribution >= 4 is 100 Å². The van der Waals surface area contributed by atoms with Gasteiger partial charge in [0.1, 0.15) is 0 Å². The van der Waals surface area contributed by atoms with Crippen molar-refractivity contribution in [2.24, 2.45) is 0 Å². The van der Waals surface area contributed by atoms with Crippen molar-refractivity contribution in [2.45, 2.75) is 0 Å². The Morgan fingerprint density at radius 3 is 1.55 bits per heavy atom. The summed E-state index contributed by atoms with van der Waals surface area (Å²) in [5, 5.41) is 0. The molecule has 0 aromatic carbocycles. The molecule has 2 aliphatic rings. The van der Waals surface area contributed by atoms with Crippen molar-refractivity contribution in [3.8, 4) is 0 Å². The number of hydrogen-bond acceptors (Lipinski definition) is 9. The molecular formula is C13H14OS8. The Labute approximate surface area is 165 Å². The number of aldehydes is 1. The van der Waals surface area contributed by atoms with Crippen LogP contribution in [0.2, 0.25) is 0 Å². The normalized spacial score (nSPS) is 18.5. The van der Waals surface area contributed by atoms with Gasteiger partial charge in [0.05, 0.1) is 25.4 Å². The molecule has 0 atom stereocenters. The number of rotatable bonds is 6. The summed E-state index contributed by atoms with van der Waals surface area (Å²) in [6.07, 6.45) is 11.4. The molecule has 0 aliphatic carbocycles. The summed E-state index contributed by atoms with van der Waals surface area (Å²) in [7, 11) is 0. The first-order valence-electron chi connectivity index (χ1n) is 5.93. The monoisotopic (exact) mass is 442 g/mol. The molecule has 0 N–H and O–H groups in total. The highest BCUT2D eigenvalue weighted by molar-refractivity contribution is 8.41. The first kappa shape index (κ1) is 19.8. The van der Waals surface area contributed by atoms with E-state index in [9.17, 15) is 4.79 Å². The Bertz CT molecular complexity index is 551. The topological polar surface area (TPSA) is 17.1 Å². The molecule has 0 aromatic rings. The van der Waals surface area contributed by atoms with Crippen molar-refractivity contribution in [3.05, 3.63) is 37.1 Å². The number of thioether (sulfide) groups is 8. The van der Waals surface area contributed by atoms with Gasteiger partial charge in [-0.25, -0.2) is 0 Å². The summed E-state index contributed by atoms with van der Waals surface area (Å²) in [6, 6.07) is 0. The molecule has 0 fully saturated rings. The lowest BCUT2D eigenvalue weighted by atomic mass is 10.3. The molecule has 9 heteroatoms. The maximum absolute atomic E-state index is 11.6. The molecular weight excluding hydrogens is 429 g/mol. The Balaban J connectivity index is 2.20. The van der Waals surface area contributed by atoms with E-state index >= 15 is 0 Å². The minimum Gasteiger partial charge on any atom is -0.298 e. The largest absolute Gasteiger partial charge is 0.298 e. The lowest BCUT2D eigenvalue weighted by Gasteiger charge is -2.01. The quantitative estimate of drug-likeness (QED) is 0.319. The number of hydrogen-bond donors (Lipinski definition) is 0. The van der Waals surface area contributed by atoms with Gasteiger partial charge in [-0.2, -0.15) is 0 Å². The van der Waals surface area contributed by atoms with Crippen LogP contribution in [0.3, 0.4) is 0 Å². The number of allylic oxidation sites excluding steroid dienone is 2. The van der Waals surface area contributed by atoms with Crippen LogP contribution >= 0.6 is 94.1 Å². The fourth-order valence-electron chi connectivity index (χ4n) is 1.50. The Kier molecular flexibility index (Phi) is 8.79. The summed E-state index contributed by atoms with van der Waals surface area (Å²) < 4.78 is 7.54.